The molecule has 92 valence electrons. The molecule has 2 rings (SSSR count). The molecule has 0 saturated heterocycles. The van der Waals surface area contributed by atoms with Crippen molar-refractivity contribution in [2.24, 2.45) is 5.73 Å². The van der Waals surface area contributed by atoms with Crippen molar-refractivity contribution in [1.82, 2.24) is 9.97 Å². The zero-order valence-electron chi connectivity index (χ0n) is 9.23. The third-order valence-corrected chi connectivity index (χ3v) is 3.42. The Labute approximate surface area is 97.8 Å². The smallest absolute Gasteiger partial charge is 0.323 e. The molecule has 0 aliphatic rings. The Morgan fingerprint density at radius 2 is 1.94 bits per heavy atom. The Hall–Kier alpha value is -1.60. The molecular formula is C10H13N3O3S. The molecule has 7 heteroatoms. The van der Waals surface area contributed by atoms with Gasteiger partial charge in [-0.05, 0) is 17.7 Å². The van der Waals surface area contributed by atoms with E-state index >= 15 is 0 Å². The molecule has 0 saturated carbocycles. The van der Waals surface area contributed by atoms with Crippen LogP contribution in [0.1, 0.15) is 11.6 Å². The first kappa shape index (κ1) is 11.9. The molecule has 1 atom stereocenters. The van der Waals surface area contributed by atoms with Gasteiger partial charge in [-0.1, -0.05) is 6.07 Å². The number of H-pyrrole nitrogens is 2. The molecule has 6 nitrogen and oxygen atoms in total. The van der Waals surface area contributed by atoms with E-state index in [2.05, 4.69) is 9.97 Å². The quantitative estimate of drug-likeness (QED) is 0.711. The van der Waals surface area contributed by atoms with E-state index in [9.17, 15) is 13.2 Å². The van der Waals surface area contributed by atoms with Crippen LogP contribution in [-0.2, 0) is 9.84 Å². The summed E-state index contributed by atoms with van der Waals surface area (Å²) in [6.07, 6.45) is 1.14. The van der Waals surface area contributed by atoms with Gasteiger partial charge in [0.1, 0.15) is 9.84 Å². The van der Waals surface area contributed by atoms with Crippen molar-refractivity contribution in [2.45, 2.75) is 6.04 Å². The van der Waals surface area contributed by atoms with Crippen LogP contribution >= 0.6 is 0 Å². The standard InChI is InChI=1S/C10H13N3O3S/c1-17(15,16)5-7(11)6-2-3-8-9(4-6)13-10(14)12-8/h2-4,7H,5,11H2,1H3,(H2,12,13,14). The van der Waals surface area contributed by atoms with Crippen molar-refractivity contribution < 1.29 is 8.42 Å². The minimum atomic E-state index is -3.12. The molecule has 17 heavy (non-hydrogen) atoms. The summed E-state index contributed by atoms with van der Waals surface area (Å²) >= 11 is 0. The van der Waals surface area contributed by atoms with Crippen molar-refractivity contribution in [3.8, 4) is 0 Å². The van der Waals surface area contributed by atoms with Crippen LogP contribution in [0.25, 0.3) is 11.0 Å². The number of rotatable bonds is 3. The molecule has 1 aromatic heterocycles. The molecular weight excluding hydrogens is 242 g/mol. The Kier molecular flexibility index (Phi) is 2.80. The molecule has 0 radical (unpaired) electrons. The van der Waals surface area contributed by atoms with Crippen LogP contribution < -0.4 is 11.4 Å². The van der Waals surface area contributed by atoms with Crippen molar-refractivity contribution in [1.29, 1.82) is 0 Å². The maximum absolute atomic E-state index is 11.1. The number of hydrogen-bond donors (Lipinski definition) is 3. The minimum absolute atomic E-state index is 0.118. The highest BCUT2D eigenvalue weighted by atomic mass is 32.2. The fraction of sp³-hybridized carbons (Fsp3) is 0.300. The van der Waals surface area contributed by atoms with Gasteiger partial charge in [-0.2, -0.15) is 0 Å². The van der Waals surface area contributed by atoms with Crippen LogP contribution in [0.2, 0.25) is 0 Å². The highest BCUT2D eigenvalue weighted by Gasteiger charge is 2.13. The van der Waals surface area contributed by atoms with E-state index in [4.69, 9.17) is 5.73 Å². The first-order chi connectivity index (χ1) is 7.85. The van der Waals surface area contributed by atoms with Crippen LogP contribution in [0.3, 0.4) is 0 Å². The lowest BCUT2D eigenvalue weighted by Gasteiger charge is -2.10. The maximum Gasteiger partial charge on any atom is 0.323 e. The van der Waals surface area contributed by atoms with E-state index in [1.54, 1.807) is 18.2 Å². The summed E-state index contributed by atoms with van der Waals surface area (Å²) in [7, 11) is -3.12. The van der Waals surface area contributed by atoms with Crippen LogP contribution in [0.15, 0.2) is 23.0 Å². The molecule has 0 spiro atoms. The van der Waals surface area contributed by atoms with Crippen LogP contribution in [0, 0.1) is 0 Å². The summed E-state index contributed by atoms with van der Waals surface area (Å²) in [5, 5.41) is 0. The average Bonchev–Trinajstić information content (AvgIpc) is 2.53. The van der Waals surface area contributed by atoms with Crippen LogP contribution in [0.4, 0.5) is 0 Å². The number of hydrogen-bond acceptors (Lipinski definition) is 4. The number of nitrogens with one attached hydrogen (secondary N) is 2. The average molecular weight is 255 g/mol. The van der Waals surface area contributed by atoms with Crippen LogP contribution in [-0.4, -0.2) is 30.4 Å². The lowest BCUT2D eigenvalue weighted by Crippen LogP contribution is -2.20. The third kappa shape index (κ3) is 2.75. The zero-order valence-corrected chi connectivity index (χ0v) is 10.0. The zero-order chi connectivity index (χ0) is 12.6. The Bertz CT molecular complexity index is 699. The largest absolute Gasteiger partial charge is 0.323 e. The van der Waals surface area contributed by atoms with E-state index in [-0.39, 0.29) is 11.4 Å². The molecule has 1 heterocycles. The predicted molar refractivity (Wildman–Crippen MR) is 65.6 cm³/mol. The molecule has 0 amide bonds. The Morgan fingerprint density at radius 1 is 1.29 bits per heavy atom. The molecule has 1 aromatic carbocycles. The normalized spacial score (nSPS) is 14.0. The molecule has 0 aliphatic heterocycles. The Morgan fingerprint density at radius 3 is 2.59 bits per heavy atom. The fourth-order valence-corrected chi connectivity index (χ4v) is 2.55. The van der Waals surface area contributed by atoms with Gasteiger partial charge in [-0.3, -0.25) is 0 Å². The minimum Gasteiger partial charge on any atom is -0.323 e. The van der Waals surface area contributed by atoms with Crippen molar-refractivity contribution in [3.63, 3.8) is 0 Å². The van der Waals surface area contributed by atoms with Gasteiger partial charge in [0.25, 0.3) is 0 Å². The molecule has 0 fully saturated rings. The summed E-state index contributed by atoms with van der Waals surface area (Å²) in [5.41, 5.74) is 7.47. The maximum atomic E-state index is 11.1. The number of nitrogens with two attached hydrogens (primary N) is 1. The van der Waals surface area contributed by atoms with Gasteiger partial charge in [0.2, 0.25) is 0 Å². The first-order valence-electron chi connectivity index (χ1n) is 5.00. The van der Waals surface area contributed by atoms with Gasteiger partial charge in [0.15, 0.2) is 0 Å². The van der Waals surface area contributed by atoms with Gasteiger partial charge in [0.05, 0.1) is 16.8 Å². The number of fused-ring (bicyclic) bond motifs is 1. The van der Waals surface area contributed by atoms with E-state index in [0.29, 0.717) is 16.6 Å². The second-order valence-corrected chi connectivity index (χ2v) is 6.27. The number of imidazole rings is 1. The fourth-order valence-electron chi connectivity index (χ4n) is 1.70. The van der Waals surface area contributed by atoms with Gasteiger partial charge >= 0.3 is 5.69 Å². The molecule has 1 unspecified atom stereocenters. The van der Waals surface area contributed by atoms with Gasteiger partial charge in [0, 0.05) is 12.3 Å². The van der Waals surface area contributed by atoms with E-state index in [0.717, 1.165) is 6.26 Å². The lowest BCUT2D eigenvalue weighted by molar-refractivity contribution is 0.595. The topological polar surface area (TPSA) is 109 Å². The van der Waals surface area contributed by atoms with E-state index in [1.165, 1.54) is 0 Å². The second-order valence-electron chi connectivity index (χ2n) is 4.08. The summed E-state index contributed by atoms with van der Waals surface area (Å²) in [5.74, 6) is -0.118. The van der Waals surface area contributed by atoms with E-state index in [1.807, 2.05) is 0 Å². The molecule has 2 aromatic rings. The lowest BCUT2D eigenvalue weighted by atomic mass is 10.1. The number of benzene rings is 1. The highest BCUT2D eigenvalue weighted by Crippen LogP contribution is 2.16. The Balaban J connectivity index is 2.39. The first-order valence-corrected chi connectivity index (χ1v) is 7.06. The monoisotopic (exact) mass is 255 g/mol. The van der Waals surface area contributed by atoms with Crippen molar-refractivity contribution in [3.05, 3.63) is 34.2 Å². The third-order valence-electron chi connectivity index (χ3n) is 2.45. The summed E-state index contributed by atoms with van der Waals surface area (Å²) in [4.78, 5) is 16.3. The highest BCUT2D eigenvalue weighted by molar-refractivity contribution is 7.90. The van der Waals surface area contributed by atoms with E-state index < -0.39 is 15.9 Å². The van der Waals surface area contributed by atoms with Gasteiger partial charge < -0.3 is 15.7 Å². The van der Waals surface area contributed by atoms with Gasteiger partial charge in [-0.25, -0.2) is 13.2 Å². The molecule has 0 aliphatic carbocycles. The predicted octanol–water partition coefficient (Wildman–Crippen LogP) is -0.0994. The van der Waals surface area contributed by atoms with Crippen molar-refractivity contribution in [2.75, 3.05) is 12.0 Å². The molecule has 4 N–H and O–H groups in total. The summed E-state index contributed by atoms with van der Waals surface area (Å²) in [6.45, 7) is 0. The number of sulfone groups is 1. The van der Waals surface area contributed by atoms with Crippen LogP contribution in [0.5, 0.6) is 0 Å². The summed E-state index contributed by atoms with van der Waals surface area (Å²) < 4.78 is 22.3. The molecule has 0 bridgehead atoms. The SMILES string of the molecule is CS(=O)(=O)CC(N)c1ccc2[nH]c(=O)[nH]c2c1. The number of aromatic nitrogens is 2. The van der Waals surface area contributed by atoms with Gasteiger partial charge in [-0.15, -0.1) is 0 Å². The second kappa shape index (κ2) is 4.01. The van der Waals surface area contributed by atoms with Crippen molar-refractivity contribution >= 4 is 20.9 Å². The summed E-state index contributed by atoms with van der Waals surface area (Å²) in [6, 6.07) is 4.50. The number of aromatic amines is 2.